The molecule has 0 aliphatic heterocycles. The summed E-state index contributed by atoms with van der Waals surface area (Å²) in [4.78, 5) is 0. The highest BCUT2D eigenvalue weighted by Crippen LogP contribution is 2.25. The molecule has 0 atom stereocenters. The van der Waals surface area contributed by atoms with Gasteiger partial charge in [0.1, 0.15) is 13.2 Å². The maximum atomic E-state index is 5.73. The number of ether oxygens (including phenoxy) is 2. The Hall–Kier alpha value is -1.22. The van der Waals surface area contributed by atoms with Gasteiger partial charge in [0, 0.05) is 0 Å². The van der Waals surface area contributed by atoms with E-state index in [1.165, 1.54) is 25.7 Å². The van der Waals surface area contributed by atoms with Gasteiger partial charge < -0.3 is 14.8 Å². The monoisotopic (exact) mass is 236 g/mol. The molecule has 1 aromatic rings. The second-order valence-corrected chi connectivity index (χ2v) is 4.57. The van der Waals surface area contributed by atoms with Crippen LogP contribution in [-0.4, -0.2) is 26.3 Å². The van der Waals surface area contributed by atoms with Gasteiger partial charge in [-0.1, -0.05) is 12.1 Å². The molecule has 1 fully saturated rings. The Morgan fingerprint density at radius 1 is 1.18 bits per heavy atom. The van der Waals surface area contributed by atoms with Crippen LogP contribution in [0.15, 0.2) is 24.3 Å². The van der Waals surface area contributed by atoms with E-state index >= 15 is 0 Å². The lowest BCUT2D eigenvalue weighted by Gasteiger charge is -2.11. The normalized spacial score (nSPS) is 16.1. The summed E-state index contributed by atoms with van der Waals surface area (Å²) >= 11 is 0. The third-order valence-electron chi connectivity index (χ3n) is 3.34. The van der Waals surface area contributed by atoms with Gasteiger partial charge in [0.2, 0.25) is 0 Å². The molecule has 1 aliphatic carbocycles. The quantitative estimate of drug-likeness (QED) is 0.761. The molecule has 0 aromatic heterocycles. The Bertz CT molecular complexity index is 335. The molecular formula is C14H22NO2+. The number of hydrogen-bond acceptors (Lipinski definition) is 2. The van der Waals surface area contributed by atoms with Crippen molar-refractivity contribution in [3.8, 4) is 11.5 Å². The van der Waals surface area contributed by atoms with Gasteiger partial charge in [-0.05, 0) is 37.8 Å². The first-order valence-electron chi connectivity index (χ1n) is 6.49. The van der Waals surface area contributed by atoms with E-state index in [1.807, 2.05) is 24.3 Å². The molecule has 94 valence electrons. The summed E-state index contributed by atoms with van der Waals surface area (Å²) in [6.45, 7) is 1.78. The van der Waals surface area contributed by atoms with Crippen LogP contribution in [0.5, 0.6) is 11.5 Å². The van der Waals surface area contributed by atoms with Crippen LogP contribution >= 0.6 is 0 Å². The molecule has 2 rings (SSSR count). The summed E-state index contributed by atoms with van der Waals surface area (Å²) in [5.41, 5.74) is 0. The van der Waals surface area contributed by atoms with Gasteiger partial charge in [-0.25, -0.2) is 0 Å². The maximum absolute atomic E-state index is 5.73. The van der Waals surface area contributed by atoms with Crippen LogP contribution < -0.4 is 14.8 Å². The molecule has 3 nitrogen and oxygen atoms in total. The number of methoxy groups -OCH3 is 1. The van der Waals surface area contributed by atoms with Gasteiger partial charge in [0.25, 0.3) is 0 Å². The summed E-state index contributed by atoms with van der Waals surface area (Å²) in [6.07, 6.45) is 5.53. The minimum Gasteiger partial charge on any atom is -0.493 e. The first-order chi connectivity index (χ1) is 8.40. The van der Waals surface area contributed by atoms with Crippen molar-refractivity contribution in [3.05, 3.63) is 24.3 Å². The molecule has 0 heterocycles. The molecule has 0 bridgehead atoms. The van der Waals surface area contributed by atoms with E-state index in [0.29, 0.717) is 0 Å². The summed E-state index contributed by atoms with van der Waals surface area (Å²) in [7, 11) is 1.67. The Morgan fingerprint density at radius 3 is 2.59 bits per heavy atom. The Morgan fingerprint density at radius 2 is 1.88 bits per heavy atom. The van der Waals surface area contributed by atoms with E-state index in [4.69, 9.17) is 9.47 Å². The lowest BCUT2D eigenvalue weighted by molar-refractivity contribution is -0.688. The smallest absolute Gasteiger partial charge is 0.161 e. The third-order valence-corrected chi connectivity index (χ3v) is 3.34. The number of quaternary nitrogens is 1. The largest absolute Gasteiger partial charge is 0.493 e. The van der Waals surface area contributed by atoms with Crippen LogP contribution in [0.2, 0.25) is 0 Å². The van der Waals surface area contributed by atoms with Gasteiger partial charge in [0.15, 0.2) is 11.5 Å². The predicted octanol–water partition coefficient (Wildman–Crippen LogP) is 1.58. The highest BCUT2D eigenvalue weighted by Gasteiger charge is 2.17. The van der Waals surface area contributed by atoms with E-state index < -0.39 is 0 Å². The number of hydrogen-bond donors (Lipinski definition) is 1. The first kappa shape index (κ1) is 12.2. The Labute approximate surface area is 103 Å². The van der Waals surface area contributed by atoms with Gasteiger partial charge in [-0.2, -0.15) is 0 Å². The Kier molecular flexibility index (Phi) is 4.68. The fraction of sp³-hybridized carbons (Fsp3) is 0.571. The van der Waals surface area contributed by atoms with Crippen molar-refractivity contribution in [1.29, 1.82) is 0 Å². The molecule has 0 spiro atoms. The highest BCUT2D eigenvalue weighted by molar-refractivity contribution is 5.39. The third kappa shape index (κ3) is 3.63. The molecule has 0 saturated heterocycles. The van der Waals surface area contributed by atoms with E-state index in [-0.39, 0.29) is 0 Å². The number of benzene rings is 1. The van der Waals surface area contributed by atoms with E-state index in [9.17, 15) is 0 Å². The standard InChI is InChI=1S/C14H21NO2/c1-16-13-8-4-5-9-14(13)17-11-10-15-12-6-2-3-7-12/h4-5,8-9,12,15H,2-3,6-7,10-11H2,1H3/p+1. The fourth-order valence-electron chi connectivity index (χ4n) is 2.40. The van der Waals surface area contributed by atoms with Gasteiger partial charge in [0.05, 0.1) is 13.2 Å². The van der Waals surface area contributed by atoms with E-state index in [0.717, 1.165) is 30.7 Å². The highest BCUT2D eigenvalue weighted by atomic mass is 16.5. The molecule has 1 saturated carbocycles. The summed E-state index contributed by atoms with van der Waals surface area (Å²) in [6, 6.07) is 8.63. The maximum Gasteiger partial charge on any atom is 0.161 e. The Balaban J connectivity index is 1.70. The molecular weight excluding hydrogens is 214 g/mol. The van der Waals surface area contributed by atoms with Crippen LogP contribution in [0.3, 0.4) is 0 Å². The van der Waals surface area contributed by atoms with Crippen LogP contribution in [-0.2, 0) is 0 Å². The van der Waals surface area contributed by atoms with Crippen molar-refractivity contribution < 1.29 is 14.8 Å². The van der Waals surface area contributed by atoms with E-state index in [1.54, 1.807) is 7.11 Å². The molecule has 0 amide bonds. The number of nitrogens with two attached hydrogens (primary N) is 1. The molecule has 17 heavy (non-hydrogen) atoms. The number of rotatable bonds is 6. The summed E-state index contributed by atoms with van der Waals surface area (Å²) in [5, 5.41) is 2.42. The molecule has 1 aliphatic rings. The summed E-state index contributed by atoms with van der Waals surface area (Å²) < 4.78 is 11.0. The zero-order valence-corrected chi connectivity index (χ0v) is 10.5. The van der Waals surface area contributed by atoms with Crippen LogP contribution in [0.25, 0.3) is 0 Å². The van der Waals surface area contributed by atoms with Crippen molar-refractivity contribution in [2.24, 2.45) is 0 Å². The lowest BCUT2D eigenvalue weighted by atomic mass is 10.2. The minimum absolute atomic E-state index is 0.747. The van der Waals surface area contributed by atoms with Crippen LogP contribution in [0.4, 0.5) is 0 Å². The zero-order chi connectivity index (χ0) is 11.9. The molecule has 0 unspecified atom stereocenters. The topological polar surface area (TPSA) is 35.1 Å². The second-order valence-electron chi connectivity index (χ2n) is 4.57. The number of para-hydroxylation sites is 2. The van der Waals surface area contributed by atoms with Gasteiger partial charge in [-0.3, -0.25) is 0 Å². The van der Waals surface area contributed by atoms with Crippen molar-refractivity contribution in [2.75, 3.05) is 20.3 Å². The molecule has 0 radical (unpaired) electrons. The van der Waals surface area contributed by atoms with Crippen LogP contribution in [0, 0.1) is 0 Å². The first-order valence-corrected chi connectivity index (χ1v) is 6.49. The SMILES string of the molecule is COc1ccccc1OCC[NH2+]C1CCCC1. The van der Waals surface area contributed by atoms with Crippen molar-refractivity contribution in [3.63, 3.8) is 0 Å². The van der Waals surface area contributed by atoms with E-state index in [2.05, 4.69) is 5.32 Å². The summed E-state index contributed by atoms with van der Waals surface area (Å²) in [5.74, 6) is 1.66. The van der Waals surface area contributed by atoms with Gasteiger partial charge >= 0.3 is 0 Å². The lowest BCUT2D eigenvalue weighted by Crippen LogP contribution is -2.90. The van der Waals surface area contributed by atoms with Crippen molar-refractivity contribution in [1.82, 2.24) is 0 Å². The minimum atomic E-state index is 0.747. The van der Waals surface area contributed by atoms with Crippen LogP contribution in [0.1, 0.15) is 25.7 Å². The van der Waals surface area contributed by atoms with Crippen molar-refractivity contribution in [2.45, 2.75) is 31.7 Å². The average Bonchev–Trinajstić information content (AvgIpc) is 2.88. The van der Waals surface area contributed by atoms with Crippen molar-refractivity contribution >= 4 is 0 Å². The zero-order valence-electron chi connectivity index (χ0n) is 10.5. The molecule has 1 aromatic carbocycles. The fourth-order valence-corrected chi connectivity index (χ4v) is 2.40. The molecule has 3 heteroatoms. The second kappa shape index (κ2) is 6.50. The van der Waals surface area contributed by atoms with Gasteiger partial charge in [-0.15, -0.1) is 0 Å². The molecule has 2 N–H and O–H groups in total. The predicted molar refractivity (Wildman–Crippen MR) is 67.5 cm³/mol. The average molecular weight is 236 g/mol.